The van der Waals surface area contributed by atoms with Gasteiger partial charge in [-0.3, -0.25) is 9.88 Å². The lowest BCUT2D eigenvalue weighted by Gasteiger charge is -2.41. The van der Waals surface area contributed by atoms with Crippen LogP contribution in [-0.4, -0.2) is 19.9 Å². The minimum atomic E-state index is -0.545. The van der Waals surface area contributed by atoms with Crippen molar-refractivity contribution in [2.75, 3.05) is 4.90 Å². The Balaban J connectivity index is 1.21. The number of rotatable bonds is 3. The first-order valence-electron chi connectivity index (χ1n) is 18.3. The monoisotopic (exact) mass is 687 g/mol. The topological polar surface area (TPSA) is 54.8 Å². The molecule has 12 rings (SSSR count). The smallest absolute Gasteiger partial charge is 0.238 e. The summed E-state index contributed by atoms with van der Waals surface area (Å²) in [6.45, 7) is 0. The molecule has 3 heterocycles. The van der Waals surface area contributed by atoms with Crippen molar-refractivity contribution in [3.05, 3.63) is 198 Å². The third-order valence-electron chi connectivity index (χ3n) is 11.6. The molecular formula is C49H29N5. The summed E-state index contributed by atoms with van der Waals surface area (Å²) in [6.07, 6.45) is 4.03. The highest BCUT2D eigenvalue weighted by atomic mass is 15.3. The summed E-state index contributed by atoms with van der Waals surface area (Å²) in [5.41, 5.74) is 15.7. The van der Waals surface area contributed by atoms with Crippen LogP contribution in [-0.2, 0) is 5.41 Å². The molecular weight excluding hydrogens is 659 g/mol. The summed E-state index contributed by atoms with van der Waals surface area (Å²) in [4.78, 5) is 22.6. The number of pyridine rings is 1. The number of fused-ring (bicyclic) bond motifs is 11. The van der Waals surface area contributed by atoms with Crippen LogP contribution >= 0.6 is 0 Å². The Hall–Kier alpha value is -7.24. The second-order valence-electron chi connectivity index (χ2n) is 14.2. The van der Waals surface area contributed by atoms with E-state index in [0.29, 0.717) is 17.6 Å². The molecule has 0 bridgehead atoms. The Morgan fingerprint density at radius 1 is 0.370 bits per heavy atom. The molecule has 0 atom stereocenters. The molecule has 7 aromatic carbocycles. The quantitative estimate of drug-likeness (QED) is 0.185. The van der Waals surface area contributed by atoms with Crippen molar-refractivity contribution in [2.45, 2.75) is 5.41 Å². The van der Waals surface area contributed by atoms with Crippen LogP contribution in [0.1, 0.15) is 22.3 Å². The number of aromatic nitrogens is 4. The highest BCUT2D eigenvalue weighted by Gasteiger charge is 2.51. The Morgan fingerprint density at radius 3 is 1.59 bits per heavy atom. The van der Waals surface area contributed by atoms with Crippen LogP contribution in [0.4, 0.5) is 17.3 Å². The molecule has 0 saturated heterocycles. The molecule has 1 spiro atoms. The predicted molar refractivity (Wildman–Crippen MR) is 216 cm³/mol. The molecule has 0 amide bonds. The van der Waals surface area contributed by atoms with Gasteiger partial charge in [0.1, 0.15) is 0 Å². The predicted octanol–water partition coefficient (Wildman–Crippen LogP) is 11.5. The summed E-state index contributed by atoms with van der Waals surface area (Å²) in [6, 6.07) is 58.3. The summed E-state index contributed by atoms with van der Waals surface area (Å²) in [5, 5.41) is 2.44. The van der Waals surface area contributed by atoms with Gasteiger partial charge in [0, 0.05) is 34.5 Å². The summed E-state index contributed by atoms with van der Waals surface area (Å²) >= 11 is 0. The Kier molecular flexibility index (Phi) is 5.92. The van der Waals surface area contributed by atoms with E-state index in [0.717, 1.165) is 28.1 Å². The molecule has 0 saturated carbocycles. The Labute approximate surface area is 311 Å². The summed E-state index contributed by atoms with van der Waals surface area (Å²) in [7, 11) is 0. The molecule has 2 aliphatic carbocycles. The van der Waals surface area contributed by atoms with Gasteiger partial charge in [-0.2, -0.15) is 9.97 Å². The van der Waals surface area contributed by atoms with Crippen LogP contribution < -0.4 is 4.90 Å². The van der Waals surface area contributed by atoms with Crippen molar-refractivity contribution in [3.8, 4) is 56.2 Å². The van der Waals surface area contributed by atoms with Gasteiger partial charge in [-0.25, -0.2) is 4.98 Å². The van der Waals surface area contributed by atoms with Gasteiger partial charge in [-0.1, -0.05) is 146 Å². The van der Waals surface area contributed by atoms with E-state index in [4.69, 9.17) is 19.9 Å². The Morgan fingerprint density at radius 2 is 0.926 bits per heavy atom. The molecule has 54 heavy (non-hydrogen) atoms. The van der Waals surface area contributed by atoms with E-state index in [1.165, 1.54) is 60.8 Å². The van der Waals surface area contributed by atoms with Gasteiger partial charge in [0.2, 0.25) is 5.95 Å². The van der Waals surface area contributed by atoms with Gasteiger partial charge >= 0.3 is 0 Å². The van der Waals surface area contributed by atoms with Gasteiger partial charge in [-0.05, 0) is 73.7 Å². The maximum Gasteiger partial charge on any atom is 0.238 e. The average molecular weight is 688 g/mol. The molecule has 3 aliphatic rings. The molecule has 0 fully saturated rings. The fourth-order valence-electron chi connectivity index (χ4n) is 9.45. The molecule has 250 valence electrons. The number of benzene rings is 7. The fourth-order valence-corrected chi connectivity index (χ4v) is 9.45. The lowest BCUT2D eigenvalue weighted by molar-refractivity contribution is 0.767. The van der Waals surface area contributed by atoms with Gasteiger partial charge in [0.05, 0.1) is 16.8 Å². The van der Waals surface area contributed by atoms with Crippen molar-refractivity contribution in [1.82, 2.24) is 19.9 Å². The van der Waals surface area contributed by atoms with Gasteiger partial charge in [0.15, 0.2) is 11.6 Å². The number of para-hydroxylation sites is 1. The molecule has 0 N–H and O–H groups in total. The van der Waals surface area contributed by atoms with Gasteiger partial charge in [-0.15, -0.1) is 0 Å². The second-order valence-corrected chi connectivity index (χ2v) is 14.2. The summed E-state index contributed by atoms with van der Waals surface area (Å²) in [5.74, 6) is 1.84. The van der Waals surface area contributed by atoms with E-state index in [9.17, 15) is 0 Å². The Bertz CT molecular complexity index is 2910. The zero-order chi connectivity index (χ0) is 35.4. The number of nitrogens with zero attached hydrogens (tertiary/aromatic N) is 5. The molecule has 0 radical (unpaired) electrons. The van der Waals surface area contributed by atoms with Crippen LogP contribution in [0.5, 0.6) is 0 Å². The van der Waals surface area contributed by atoms with Crippen LogP contribution in [0.3, 0.4) is 0 Å². The number of hydrogen-bond acceptors (Lipinski definition) is 5. The maximum atomic E-state index is 5.25. The van der Waals surface area contributed by atoms with Crippen molar-refractivity contribution in [3.63, 3.8) is 0 Å². The molecule has 5 heteroatoms. The van der Waals surface area contributed by atoms with Gasteiger partial charge in [0.25, 0.3) is 0 Å². The van der Waals surface area contributed by atoms with Crippen molar-refractivity contribution in [1.29, 1.82) is 0 Å². The van der Waals surface area contributed by atoms with Crippen LogP contribution in [0.25, 0.3) is 66.9 Å². The molecule has 1 aliphatic heterocycles. The standard InChI is InChI=1S/C49H29N5/c1-3-13-30(14-4-1)46-51-47(31-15-5-2-6-16-31)53-48(52-46)54-42-22-12-9-19-35(42)37-24-23-36-34-27-28-50-29-41(34)49(40-25-26-43(54)45(37)44(36)40)38-20-10-7-17-32(38)33-18-8-11-21-39(33)49/h1-29H. The first-order chi connectivity index (χ1) is 26.8. The van der Waals surface area contributed by atoms with Gasteiger partial charge < -0.3 is 0 Å². The first-order valence-corrected chi connectivity index (χ1v) is 18.3. The van der Waals surface area contributed by atoms with Crippen LogP contribution in [0.2, 0.25) is 0 Å². The molecule has 9 aromatic rings. The number of anilines is 3. The van der Waals surface area contributed by atoms with Crippen LogP contribution in [0.15, 0.2) is 176 Å². The van der Waals surface area contributed by atoms with E-state index < -0.39 is 5.41 Å². The maximum absolute atomic E-state index is 5.25. The van der Waals surface area contributed by atoms with E-state index in [1.54, 1.807) is 0 Å². The van der Waals surface area contributed by atoms with Crippen molar-refractivity contribution in [2.24, 2.45) is 0 Å². The highest BCUT2D eigenvalue weighted by Crippen LogP contribution is 2.64. The van der Waals surface area contributed by atoms with E-state index in [2.05, 4.69) is 138 Å². The van der Waals surface area contributed by atoms with E-state index in [-0.39, 0.29) is 0 Å². The molecule has 0 unspecified atom stereocenters. The average Bonchev–Trinajstić information content (AvgIpc) is 3.54. The third kappa shape index (κ3) is 3.77. The SMILES string of the molecule is c1ccc(-c2nc(-c3ccccc3)nc(N3c4ccccc4-c4ccc5c6c(ccc3c46)C3(c4ccccc4-c4ccccc43)c3cnccc3-5)n2)cc1. The van der Waals surface area contributed by atoms with Crippen molar-refractivity contribution < 1.29 is 0 Å². The normalized spacial score (nSPS) is 13.7. The summed E-state index contributed by atoms with van der Waals surface area (Å²) < 4.78 is 0. The minimum absolute atomic E-state index is 0.545. The lowest BCUT2D eigenvalue weighted by atomic mass is 9.61. The number of hydrogen-bond donors (Lipinski definition) is 0. The van der Waals surface area contributed by atoms with E-state index in [1.807, 2.05) is 42.6 Å². The largest absolute Gasteiger partial charge is 0.278 e. The minimum Gasteiger partial charge on any atom is -0.278 e. The van der Waals surface area contributed by atoms with Crippen molar-refractivity contribution >= 4 is 28.1 Å². The molecule has 2 aromatic heterocycles. The van der Waals surface area contributed by atoms with E-state index >= 15 is 0 Å². The fraction of sp³-hybridized carbons (Fsp3) is 0.0204. The van der Waals surface area contributed by atoms with Crippen LogP contribution in [0, 0.1) is 0 Å². The highest BCUT2D eigenvalue weighted by molar-refractivity contribution is 6.20. The zero-order valence-electron chi connectivity index (χ0n) is 29.0. The second kappa shape index (κ2) is 10.9. The lowest BCUT2D eigenvalue weighted by Crippen LogP contribution is -2.32. The third-order valence-corrected chi connectivity index (χ3v) is 11.6. The first kappa shape index (κ1) is 29.3. The zero-order valence-corrected chi connectivity index (χ0v) is 29.0. The molecule has 5 nitrogen and oxygen atoms in total.